The number of aromatic nitrogens is 2. The highest BCUT2D eigenvalue weighted by Crippen LogP contribution is 2.15. The van der Waals surface area contributed by atoms with Crippen LogP contribution >= 0.6 is 11.3 Å². The van der Waals surface area contributed by atoms with Gasteiger partial charge in [-0.15, -0.1) is 0 Å². The Kier molecular flexibility index (Phi) is 3.36. The maximum atomic E-state index is 4.99. The van der Waals surface area contributed by atoms with Gasteiger partial charge in [-0.3, -0.25) is 0 Å². The van der Waals surface area contributed by atoms with Crippen molar-refractivity contribution in [2.24, 2.45) is 0 Å². The van der Waals surface area contributed by atoms with Gasteiger partial charge in [-0.1, -0.05) is 0 Å². The molecule has 5 heteroatoms. The highest BCUT2D eigenvalue weighted by molar-refractivity contribution is 7.08. The molecular formula is C11H13N3OS. The van der Waals surface area contributed by atoms with Crippen LogP contribution in [0.25, 0.3) is 0 Å². The smallest absolute Gasteiger partial charge is 0.223 e. The minimum absolute atomic E-state index is 0.617. The molecule has 0 bridgehead atoms. The van der Waals surface area contributed by atoms with Gasteiger partial charge >= 0.3 is 0 Å². The number of anilines is 1. The van der Waals surface area contributed by atoms with Crippen LogP contribution in [-0.4, -0.2) is 17.1 Å². The number of hydrogen-bond acceptors (Lipinski definition) is 5. The zero-order chi connectivity index (χ0) is 11.4. The Hall–Kier alpha value is -1.62. The van der Waals surface area contributed by atoms with Gasteiger partial charge in [0.05, 0.1) is 19.5 Å². The highest BCUT2D eigenvalue weighted by Gasteiger charge is 2.00. The molecule has 1 N–H and O–H groups in total. The van der Waals surface area contributed by atoms with E-state index >= 15 is 0 Å². The lowest BCUT2D eigenvalue weighted by Crippen LogP contribution is -2.03. The second-order valence-electron chi connectivity index (χ2n) is 3.38. The lowest BCUT2D eigenvalue weighted by Gasteiger charge is -2.04. The van der Waals surface area contributed by atoms with E-state index in [1.807, 2.05) is 0 Å². The van der Waals surface area contributed by atoms with Gasteiger partial charge in [0.1, 0.15) is 0 Å². The number of ether oxygens (including phenoxy) is 1. The van der Waals surface area contributed by atoms with Crippen LogP contribution < -0.4 is 10.1 Å². The number of methoxy groups -OCH3 is 1. The Morgan fingerprint density at radius 1 is 1.31 bits per heavy atom. The third kappa shape index (κ3) is 2.49. The first-order valence-electron chi connectivity index (χ1n) is 4.91. The standard InChI is InChI=1S/C11H13N3OS/c1-8-6-16-7-9(8)3-12-11-13-4-10(15-2)5-14-11/h4-7H,3H2,1-2H3,(H,12,13,14). The van der Waals surface area contributed by atoms with Crippen LogP contribution in [0, 0.1) is 6.92 Å². The summed E-state index contributed by atoms with van der Waals surface area (Å²) in [5, 5.41) is 7.43. The summed E-state index contributed by atoms with van der Waals surface area (Å²) in [7, 11) is 1.60. The van der Waals surface area contributed by atoms with E-state index in [0.717, 1.165) is 6.54 Å². The number of hydrogen-bond donors (Lipinski definition) is 1. The van der Waals surface area contributed by atoms with Crippen molar-refractivity contribution in [3.63, 3.8) is 0 Å². The Morgan fingerprint density at radius 3 is 2.62 bits per heavy atom. The fourth-order valence-corrected chi connectivity index (χ4v) is 2.11. The fourth-order valence-electron chi connectivity index (χ4n) is 1.26. The van der Waals surface area contributed by atoms with E-state index < -0.39 is 0 Å². The first kappa shape index (κ1) is 10.9. The van der Waals surface area contributed by atoms with Crippen molar-refractivity contribution < 1.29 is 4.74 Å². The number of thiophene rings is 1. The molecule has 0 saturated carbocycles. The molecular weight excluding hydrogens is 222 g/mol. The molecule has 4 nitrogen and oxygen atoms in total. The lowest BCUT2D eigenvalue weighted by atomic mass is 10.2. The molecule has 0 radical (unpaired) electrons. The number of nitrogens with one attached hydrogen (secondary N) is 1. The van der Waals surface area contributed by atoms with E-state index in [2.05, 4.69) is 33.0 Å². The second-order valence-corrected chi connectivity index (χ2v) is 4.12. The Balaban J connectivity index is 1.97. The van der Waals surface area contributed by atoms with Crippen molar-refractivity contribution in [1.29, 1.82) is 0 Å². The molecule has 0 atom stereocenters. The summed E-state index contributed by atoms with van der Waals surface area (Å²) in [6.07, 6.45) is 3.30. The quantitative estimate of drug-likeness (QED) is 0.884. The van der Waals surface area contributed by atoms with Crippen LogP contribution in [0.1, 0.15) is 11.1 Å². The zero-order valence-electron chi connectivity index (χ0n) is 9.23. The van der Waals surface area contributed by atoms with Crippen LogP contribution in [-0.2, 0) is 6.54 Å². The largest absolute Gasteiger partial charge is 0.494 e. The van der Waals surface area contributed by atoms with Crippen LogP contribution in [0.4, 0.5) is 5.95 Å². The zero-order valence-corrected chi connectivity index (χ0v) is 10.0. The SMILES string of the molecule is COc1cnc(NCc2cscc2C)nc1. The Labute approximate surface area is 98.3 Å². The summed E-state index contributed by atoms with van der Waals surface area (Å²) in [6, 6.07) is 0. The number of aryl methyl sites for hydroxylation is 1. The summed E-state index contributed by atoms with van der Waals surface area (Å²) in [6.45, 7) is 2.85. The average Bonchev–Trinajstić information content (AvgIpc) is 2.73. The van der Waals surface area contributed by atoms with Gasteiger partial charge < -0.3 is 10.1 Å². The van der Waals surface area contributed by atoms with E-state index in [0.29, 0.717) is 11.7 Å². The Bertz CT molecular complexity index is 453. The summed E-state index contributed by atoms with van der Waals surface area (Å²) in [5.41, 5.74) is 2.58. The van der Waals surface area contributed by atoms with Gasteiger partial charge in [-0.2, -0.15) is 11.3 Å². The Morgan fingerprint density at radius 2 is 2.06 bits per heavy atom. The summed E-state index contributed by atoms with van der Waals surface area (Å²) in [5.74, 6) is 1.28. The summed E-state index contributed by atoms with van der Waals surface area (Å²) < 4.78 is 4.99. The van der Waals surface area contributed by atoms with Crippen molar-refractivity contribution in [1.82, 2.24) is 9.97 Å². The first-order valence-corrected chi connectivity index (χ1v) is 5.85. The van der Waals surface area contributed by atoms with Crippen molar-refractivity contribution in [2.45, 2.75) is 13.5 Å². The van der Waals surface area contributed by atoms with Crippen molar-refractivity contribution in [3.05, 3.63) is 34.3 Å². The van der Waals surface area contributed by atoms with Crippen molar-refractivity contribution in [2.75, 3.05) is 12.4 Å². The molecule has 0 aliphatic heterocycles. The van der Waals surface area contributed by atoms with Crippen LogP contribution in [0.2, 0.25) is 0 Å². The van der Waals surface area contributed by atoms with Gasteiger partial charge in [0.15, 0.2) is 5.75 Å². The van der Waals surface area contributed by atoms with Gasteiger partial charge in [0, 0.05) is 6.54 Å². The molecule has 0 amide bonds. The summed E-state index contributed by atoms with van der Waals surface area (Å²) in [4.78, 5) is 8.27. The molecule has 2 rings (SSSR count). The highest BCUT2D eigenvalue weighted by atomic mass is 32.1. The van der Waals surface area contributed by atoms with Crippen molar-refractivity contribution in [3.8, 4) is 5.75 Å². The third-order valence-corrected chi connectivity index (χ3v) is 3.17. The normalized spacial score (nSPS) is 10.1. The molecule has 0 aromatic carbocycles. The molecule has 2 heterocycles. The monoisotopic (exact) mass is 235 g/mol. The second kappa shape index (κ2) is 4.94. The van der Waals surface area contributed by atoms with Crippen LogP contribution in [0.15, 0.2) is 23.2 Å². The van der Waals surface area contributed by atoms with Gasteiger partial charge in [0.25, 0.3) is 0 Å². The maximum absolute atomic E-state index is 4.99. The van der Waals surface area contributed by atoms with Crippen molar-refractivity contribution >= 4 is 17.3 Å². The first-order chi connectivity index (χ1) is 7.79. The average molecular weight is 235 g/mol. The lowest BCUT2D eigenvalue weighted by molar-refractivity contribution is 0.411. The van der Waals surface area contributed by atoms with Crippen LogP contribution in [0.5, 0.6) is 5.75 Å². The molecule has 0 aliphatic carbocycles. The molecule has 0 fully saturated rings. The maximum Gasteiger partial charge on any atom is 0.223 e. The van der Waals surface area contributed by atoms with Crippen LogP contribution in [0.3, 0.4) is 0 Å². The molecule has 2 aromatic heterocycles. The van der Waals surface area contributed by atoms with E-state index in [-0.39, 0.29) is 0 Å². The van der Waals surface area contributed by atoms with Gasteiger partial charge in [-0.05, 0) is 28.8 Å². The molecule has 2 aromatic rings. The minimum Gasteiger partial charge on any atom is -0.494 e. The minimum atomic E-state index is 0.617. The molecule has 0 saturated heterocycles. The van der Waals surface area contributed by atoms with E-state index in [1.54, 1.807) is 30.8 Å². The third-order valence-electron chi connectivity index (χ3n) is 2.26. The molecule has 0 unspecified atom stereocenters. The fraction of sp³-hybridized carbons (Fsp3) is 0.273. The number of nitrogens with zero attached hydrogens (tertiary/aromatic N) is 2. The molecule has 16 heavy (non-hydrogen) atoms. The topological polar surface area (TPSA) is 47.0 Å². The predicted octanol–water partition coefficient (Wildman–Crippen LogP) is 2.47. The molecule has 84 valence electrons. The predicted molar refractivity (Wildman–Crippen MR) is 65.0 cm³/mol. The molecule has 0 spiro atoms. The van der Waals surface area contributed by atoms with E-state index in [1.165, 1.54) is 11.1 Å². The van der Waals surface area contributed by atoms with E-state index in [4.69, 9.17) is 4.74 Å². The van der Waals surface area contributed by atoms with Gasteiger partial charge in [-0.25, -0.2) is 9.97 Å². The van der Waals surface area contributed by atoms with Gasteiger partial charge in [0.2, 0.25) is 5.95 Å². The number of rotatable bonds is 4. The molecule has 0 aliphatic rings. The summed E-state index contributed by atoms with van der Waals surface area (Å²) >= 11 is 1.71. The van der Waals surface area contributed by atoms with E-state index in [9.17, 15) is 0 Å².